The van der Waals surface area contributed by atoms with Gasteiger partial charge in [0, 0.05) is 42.2 Å². The van der Waals surface area contributed by atoms with Gasteiger partial charge in [-0.15, -0.1) is 0 Å². The van der Waals surface area contributed by atoms with E-state index < -0.39 is 6.29 Å². The fraction of sp³-hybridized carbons (Fsp3) is 0.320. The van der Waals surface area contributed by atoms with Gasteiger partial charge < -0.3 is 19.9 Å². The molecule has 33 heavy (non-hydrogen) atoms. The molecule has 1 fully saturated rings. The van der Waals surface area contributed by atoms with Crippen molar-refractivity contribution in [2.45, 2.75) is 44.1 Å². The summed E-state index contributed by atoms with van der Waals surface area (Å²) in [5.74, 6) is 0.643. The molecule has 2 heterocycles. The lowest BCUT2D eigenvalue weighted by atomic mass is 9.91. The van der Waals surface area contributed by atoms with Crippen LogP contribution in [0.15, 0.2) is 72.1 Å². The van der Waals surface area contributed by atoms with Crippen molar-refractivity contribution in [1.82, 2.24) is 9.97 Å². The second kappa shape index (κ2) is 10.9. The third kappa shape index (κ3) is 5.97. The standard InChI is InChI=1S/C25H27N3O4S/c1-16-22(15-33-25-26-12-3-13-27-25)31-24(20-8-10-21(11-9-20)28-17(2)30)32-23(16)19-6-4-18(14-29)5-7-19/h3-13,16,22-24,29H,14-15H2,1-2H3,(H,28,30)/t16-,22+,23+,24+/m1/s1. The van der Waals surface area contributed by atoms with E-state index in [9.17, 15) is 9.90 Å². The zero-order chi connectivity index (χ0) is 23.2. The first-order chi connectivity index (χ1) is 16.0. The van der Waals surface area contributed by atoms with Crippen LogP contribution in [-0.4, -0.2) is 32.8 Å². The summed E-state index contributed by atoms with van der Waals surface area (Å²) >= 11 is 1.56. The lowest BCUT2D eigenvalue weighted by Gasteiger charge is -2.41. The number of aliphatic hydroxyl groups excluding tert-OH is 1. The van der Waals surface area contributed by atoms with Crippen LogP contribution in [0.5, 0.6) is 0 Å². The lowest BCUT2D eigenvalue weighted by molar-refractivity contribution is -0.268. The molecule has 0 bridgehead atoms. The molecule has 4 rings (SSSR count). The van der Waals surface area contributed by atoms with Gasteiger partial charge in [0.15, 0.2) is 11.4 Å². The van der Waals surface area contributed by atoms with E-state index >= 15 is 0 Å². The average Bonchev–Trinajstić information content (AvgIpc) is 2.84. The number of nitrogens with zero attached hydrogens (tertiary/aromatic N) is 2. The number of carbonyl (C=O) groups excluding carboxylic acids is 1. The molecule has 172 valence electrons. The Kier molecular flexibility index (Phi) is 7.72. The lowest BCUT2D eigenvalue weighted by Crippen LogP contribution is -2.38. The van der Waals surface area contributed by atoms with Crippen LogP contribution in [0.1, 0.15) is 42.9 Å². The summed E-state index contributed by atoms with van der Waals surface area (Å²) in [5.41, 5.74) is 3.49. The molecular formula is C25H27N3O4S. The van der Waals surface area contributed by atoms with Gasteiger partial charge in [-0.3, -0.25) is 4.79 Å². The Hall–Kier alpha value is -2.78. The number of aliphatic hydroxyl groups is 1. The van der Waals surface area contributed by atoms with Crippen molar-refractivity contribution in [1.29, 1.82) is 0 Å². The summed E-state index contributed by atoms with van der Waals surface area (Å²) in [6, 6.07) is 17.1. The smallest absolute Gasteiger partial charge is 0.221 e. The van der Waals surface area contributed by atoms with Gasteiger partial charge in [0.1, 0.15) is 0 Å². The highest BCUT2D eigenvalue weighted by molar-refractivity contribution is 7.99. The first kappa shape index (κ1) is 23.4. The summed E-state index contributed by atoms with van der Waals surface area (Å²) in [6.45, 7) is 3.61. The highest BCUT2D eigenvalue weighted by Crippen LogP contribution is 2.42. The maximum absolute atomic E-state index is 11.3. The van der Waals surface area contributed by atoms with E-state index in [1.807, 2.05) is 48.5 Å². The summed E-state index contributed by atoms with van der Waals surface area (Å²) < 4.78 is 12.8. The van der Waals surface area contributed by atoms with Crippen LogP contribution < -0.4 is 5.32 Å². The molecule has 4 atom stereocenters. The molecule has 1 aliphatic heterocycles. The number of nitrogens with one attached hydrogen (secondary N) is 1. The Bertz CT molecular complexity index is 1050. The van der Waals surface area contributed by atoms with E-state index in [1.165, 1.54) is 6.92 Å². The van der Waals surface area contributed by atoms with E-state index in [0.717, 1.165) is 22.4 Å². The number of ether oxygens (including phenoxy) is 2. The molecule has 1 aliphatic rings. The number of carbonyl (C=O) groups is 1. The van der Waals surface area contributed by atoms with Crippen LogP contribution in [0.2, 0.25) is 0 Å². The van der Waals surface area contributed by atoms with Gasteiger partial charge in [0.05, 0.1) is 18.8 Å². The van der Waals surface area contributed by atoms with Gasteiger partial charge in [0.2, 0.25) is 5.91 Å². The maximum Gasteiger partial charge on any atom is 0.221 e. The molecule has 2 aromatic carbocycles. The SMILES string of the molecule is CC(=O)Nc1ccc([C@H]2O[C@@H](CSc3ncccn3)[C@@H](C)[C@@H](c3ccc(CO)cc3)O2)cc1. The minimum atomic E-state index is -0.558. The molecule has 7 nitrogen and oxygen atoms in total. The first-order valence-corrected chi connectivity index (χ1v) is 11.8. The summed E-state index contributed by atoms with van der Waals surface area (Å²) in [5, 5.41) is 12.9. The van der Waals surface area contributed by atoms with Crippen molar-refractivity contribution in [3.05, 3.63) is 83.7 Å². The Balaban J connectivity index is 1.57. The topological polar surface area (TPSA) is 93.6 Å². The Morgan fingerprint density at radius 1 is 1.03 bits per heavy atom. The Morgan fingerprint density at radius 3 is 2.33 bits per heavy atom. The quantitative estimate of drug-likeness (QED) is 0.392. The zero-order valence-corrected chi connectivity index (χ0v) is 19.4. The largest absolute Gasteiger partial charge is 0.392 e. The number of thioether (sulfide) groups is 1. The number of hydrogen-bond acceptors (Lipinski definition) is 7. The summed E-state index contributed by atoms with van der Waals surface area (Å²) in [7, 11) is 0. The second-order valence-corrected chi connectivity index (χ2v) is 8.95. The van der Waals surface area contributed by atoms with Crippen LogP contribution in [0.3, 0.4) is 0 Å². The number of benzene rings is 2. The van der Waals surface area contributed by atoms with Gasteiger partial charge in [-0.1, -0.05) is 55.1 Å². The highest BCUT2D eigenvalue weighted by atomic mass is 32.2. The van der Waals surface area contributed by atoms with E-state index in [0.29, 0.717) is 10.9 Å². The van der Waals surface area contributed by atoms with Crippen LogP contribution in [0.25, 0.3) is 0 Å². The third-order valence-electron chi connectivity index (χ3n) is 5.55. The van der Waals surface area contributed by atoms with E-state index in [4.69, 9.17) is 9.47 Å². The van der Waals surface area contributed by atoms with Crippen molar-refractivity contribution in [3.8, 4) is 0 Å². The van der Waals surface area contributed by atoms with Crippen molar-refractivity contribution in [3.63, 3.8) is 0 Å². The number of hydrogen-bond donors (Lipinski definition) is 2. The van der Waals surface area contributed by atoms with Gasteiger partial charge >= 0.3 is 0 Å². The molecule has 3 aromatic rings. The van der Waals surface area contributed by atoms with Gasteiger partial charge in [-0.2, -0.15) is 0 Å². The second-order valence-electron chi connectivity index (χ2n) is 7.97. The zero-order valence-electron chi connectivity index (χ0n) is 18.5. The number of anilines is 1. The number of aromatic nitrogens is 2. The highest BCUT2D eigenvalue weighted by Gasteiger charge is 2.38. The molecule has 2 N–H and O–H groups in total. The van der Waals surface area contributed by atoms with Gasteiger partial charge in [-0.05, 0) is 29.3 Å². The molecule has 1 aromatic heterocycles. The van der Waals surface area contributed by atoms with Crippen molar-refractivity contribution >= 4 is 23.4 Å². The van der Waals surface area contributed by atoms with Crippen LogP contribution >= 0.6 is 11.8 Å². The minimum absolute atomic E-state index is 0.00405. The molecule has 1 amide bonds. The molecular weight excluding hydrogens is 438 g/mol. The van der Waals surface area contributed by atoms with E-state index in [1.54, 1.807) is 30.2 Å². The first-order valence-electron chi connectivity index (χ1n) is 10.8. The third-order valence-corrected chi connectivity index (χ3v) is 6.51. The van der Waals surface area contributed by atoms with Crippen LogP contribution in [-0.2, 0) is 20.9 Å². The molecule has 0 aliphatic carbocycles. The molecule has 0 spiro atoms. The predicted molar refractivity (Wildman–Crippen MR) is 126 cm³/mol. The van der Waals surface area contributed by atoms with Crippen LogP contribution in [0, 0.1) is 5.92 Å². The van der Waals surface area contributed by atoms with Crippen molar-refractivity contribution < 1.29 is 19.4 Å². The van der Waals surface area contributed by atoms with Crippen molar-refractivity contribution in [2.24, 2.45) is 5.92 Å². The van der Waals surface area contributed by atoms with E-state index in [2.05, 4.69) is 22.2 Å². The predicted octanol–water partition coefficient (Wildman–Crippen LogP) is 4.51. The molecule has 0 unspecified atom stereocenters. The monoisotopic (exact) mass is 465 g/mol. The molecule has 0 saturated carbocycles. The van der Waals surface area contributed by atoms with Gasteiger partial charge in [-0.25, -0.2) is 9.97 Å². The van der Waals surface area contributed by atoms with Gasteiger partial charge in [0.25, 0.3) is 0 Å². The minimum Gasteiger partial charge on any atom is -0.392 e. The molecule has 0 radical (unpaired) electrons. The normalized spacial score (nSPS) is 22.6. The number of amides is 1. The fourth-order valence-electron chi connectivity index (χ4n) is 3.75. The summed E-state index contributed by atoms with van der Waals surface area (Å²) in [6.07, 6.45) is 2.62. The van der Waals surface area contributed by atoms with Crippen molar-refractivity contribution in [2.75, 3.05) is 11.1 Å². The molecule has 8 heteroatoms. The molecule has 1 saturated heterocycles. The fourth-order valence-corrected chi connectivity index (χ4v) is 4.72. The average molecular weight is 466 g/mol. The number of rotatable bonds is 7. The van der Waals surface area contributed by atoms with E-state index in [-0.39, 0.29) is 30.6 Å². The maximum atomic E-state index is 11.3. The summed E-state index contributed by atoms with van der Waals surface area (Å²) in [4.78, 5) is 19.9. The Labute approximate surface area is 197 Å². The Morgan fingerprint density at radius 2 is 1.70 bits per heavy atom. The van der Waals surface area contributed by atoms with Crippen LogP contribution in [0.4, 0.5) is 5.69 Å².